The number of benzene rings is 4. The van der Waals surface area contributed by atoms with Gasteiger partial charge in [-0.05, 0) is 102 Å². The highest BCUT2D eigenvalue weighted by atomic mass is 35.5. The van der Waals surface area contributed by atoms with Crippen molar-refractivity contribution in [2.75, 3.05) is 17.2 Å². The molecule has 2 unspecified atom stereocenters. The number of nitrogens with one attached hydrogen (secondary N) is 2. The van der Waals surface area contributed by atoms with E-state index in [0.717, 1.165) is 36.8 Å². The van der Waals surface area contributed by atoms with Crippen LogP contribution < -0.4 is 15.4 Å². The second-order valence-corrected chi connectivity index (χ2v) is 17.8. The first-order chi connectivity index (χ1) is 32.4. The van der Waals surface area contributed by atoms with Crippen LogP contribution in [0.5, 0.6) is 5.75 Å². The van der Waals surface area contributed by atoms with Gasteiger partial charge < -0.3 is 24.8 Å². The molecule has 2 amide bonds. The lowest BCUT2D eigenvalue weighted by Crippen LogP contribution is -2.36. The normalized spacial score (nSPS) is 11.9. The van der Waals surface area contributed by atoms with Gasteiger partial charge in [0.1, 0.15) is 11.7 Å². The maximum Gasteiger partial charge on any atom is 0.347 e. The average Bonchev–Trinajstić information content (AvgIpc) is 3.74. The number of halogens is 2. The molecular formula is C50H58Cl2N6O8S. The molecule has 67 heavy (non-hydrogen) atoms. The summed E-state index contributed by atoms with van der Waals surface area (Å²) in [4.78, 5) is 68.1. The molecule has 0 saturated heterocycles. The third-order valence-corrected chi connectivity index (χ3v) is 12.6. The lowest BCUT2D eigenvalue weighted by molar-refractivity contribution is -0.153. The molecule has 356 valence electrons. The van der Waals surface area contributed by atoms with Gasteiger partial charge in [-0.15, -0.1) is 5.10 Å². The highest BCUT2D eigenvalue weighted by Crippen LogP contribution is 2.29. The van der Waals surface area contributed by atoms with Crippen molar-refractivity contribution in [3.8, 4) is 5.75 Å². The zero-order valence-corrected chi connectivity index (χ0v) is 40.7. The summed E-state index contributed by atoms with van der Waals surface area (Å²) in [5.74, 6) is -4.34. The first-order valence-corrected chi connectivity index (χ1v) is 24.4. The highest BCUT2D eigenvalue weighted by Gasteiger charge is 2.31. The van der Waals surface area contributed by atoms with E-state index in [1.807, 2.05) is 25.1 Å². The van der Waals surface area contributed by atoms with Crippen LogP contribution in [0.4, 0.5) is 11.4 Å². The second-order valence-electron chi connectivity index (χ2n) is 16.1. The molecule has 0 saturated carbocycles. The minimum atomic E-state index is -1.46. The van der Waals surface area contributed by atoms with Crippen molar-refractivity contribution in [2.24, 2.45) is 13.0 Å². The predicted octanol–water partition coefficient (Wildman–Crippen LogP) is 11.0. The Balaban J connectivity index is 1.25. The van der Waals surface area contributed by atoms with Gasteiger partial charge in [0.05, 0.1) is 39.2 Å². The molecule has 0 aliphatic heterocycles. The fourth-order valence-corrected chi connectivity index (χ4v) is 8.10. The van der Waals surface area contributed by atoms with Crippen LogP contribution in [0.15, 0.2) is 90.1 Å². The molecule has 17 heteroatoms. The Morgan fingerprint density at radius 2 is 1.34 bits per heavy atom. The number of thioether (sulfide) groups is 1. The summed E-state index contributed by atoms with van der Waals surface area (Å²) >= 11 is 14.5. The molecule has 2 N–H and O–H groups in total. The molecule has 0 fully saturated rings. The van der Waals surface area contributed by atoms with Crippen LogP contribution in [0.1, 0.15) is 122 Å². The number of hydrogen-bond acceptors (Lipinski definition) is 12. The summed E-state index contributed by atoms with van der Waals surface area (Å²) < 4.78 is 18.1. The van der Waals surface area contributed by atoms with E-state index in [9.17, 15) is 24.0 Å². The summed E-state index contributed by atoms with van der Waals surface area (Å²) in [7, 11) is 1.75. The number of aryl methyl sites for hydroxylation is 2. The van der Waals surface area contributed by atoms with Crippen LogP contribution >= 0.6 is 35.0 Å². The Bertz CT molecular complexity index is 2450. The largest absolute Gasteiger partial charge is 0.463 e. The molecule has 2 atom stereocenters. The number of nitrogens with zero attached hydrogens (tertiary/aromatic N) is 4. The number of carbonyl (C=O) groups excluding carboxylic acids is 5. The van der Waals surface area contributed by atoms with Crippen molar-refractivity contribution >= 4 is 76.1 Å². The Hall–Kier alpha value is -5.77. The SMILES string of the molecule is CCCCCCCCCCCCOC(=O)C(C)OC(=O)c1ccc(Cl)c(NC(=O)C(Cc2ccccc2C(=O)Oc2ccc(CSc3nnnn3C)cc2)C(=O)Nc2cc(CC)ccc2Cl)c1. The van der Waals surface area contributed by atoms with Crippen molar-refractivity contribution in [3.05, 3.63) is 123 Å². The van der Waals surface area contributed by atoms with Crippen LogP contribution in [0.25, 0.3) is 0 Å². The van der Waals surface area contributed by atoms with Crippen LogP contribution in [0, 0.1) is 5.92 Å². The third-order valence-electron chi connectivity index (χ3n) is 10.9. The Morgan fingerprint density at radius 1 is 0.731 bits per heavy atom. The molecule has 14 nitrogen and oxygen atoms in total. The van der Waals surface area contributed by atoms with Crippen molar-refractivity contribution in [1.29, 1.82) is 0 Å². The maximum absolute atomic E-state index is 14.3. The monoisotopic (exact) mass is 972 g/mol. The number of aromatic nitrogens is 4. The van der Waals surface area contributed by atoms with E-state index in [1.165, 1.54) is 75.4 Å². The second kappa shape index (κ2) is 27.1. The van der Waals surface area contributed by atoms with E-state index in [0.29, 0.717) is 28.6 Å². The lowest BCUT2D eigenvalue weighted by atomic mass is 9.93. The van der Waals surface area contributed by atoms with Gasteiger partial charge in [-0.2, -0.15) is 0 Å². The number of hydrogen-bond donors (Lipinski definition) is 2. The number of unbranched alkanes of at least 4 members (excludes halogenated alkanes) is 9. The van der Waals surface area contributed by atoms with Gasteiger partial charge in [0.25, 0.3) is 0 Å². The van der Waals surface area contributed by atoms with Crippen LogP contribution in [0.2, 0.25) is 10.0 Å². The Kier molecular flexibility index (Phi) is 21.1. The van der Waals surface area contributed by atoms with E-state index < -0.39 is 41.7 Å². The third kappa shape index (κ3) is 16.5. The van der Waals surface area contributed by atoms with Gasteiger partial charge in [-0.3, -0.25) is 9.59 Å². The molecule has 0 spiro atoms. The molecule has 4 aromatic carbocycles. The van der Waals surface area contributed by atoms with Gasteiger partial charge in [0, 0.05) is 12.8 Å². The topological polar surface area (TPSA) is 181 Å². The Labute approximate surface area is 406 Å². The van der Waals surface area contributed by atoms with E-state index in [2.05, 4.69) is 33.1 Å². The number of rotatable bonds is 26. The maximum atomic E-state index is 14.3. The first-order valence-electron chi connectivity index (χ1n) is 22.7. The summed E-state index contributed by atoms with van der Waals surface area (Å²) in [6.07, 6.45) is 10.7. The number of tetrazole rings is 1. The Morgan fingerprint density at radius 3 is 1.99 bits per heavy atom. The predicted molar refractivity (Wildman–Crippen MR) is 261 cm³/mol. The molecular weight excluding hydrogens is 916 g/mol. The van der Waals surface area contributed by atoms with E-state index >= 15 is 0 Å². The zero-order valence-electron chi connectivity index (χ0n) is 38.4. The average molecular weight is 974 g/mol. The van der Waals surface area contributed by atoms with Crippen molar-refractivity contribution < 1.29 is 38.2 Å². The summed E-state index contributed by atoms with van der Waals surface area (Å²) in [5, 5.41) is 17.9. The van der Waals surface area contributed by atoms with Gasteiger partial charge in [0.15, 0.2) is 6.10 Å². The molecule has 5 aromatic rings. The molecule has 0 aliphatic rings. The van der Waals surface area contributed by atoms with Crippen LogP contribution in [-0.4, -0.2) is 62.6 Å². The summed E-state index contributed by atoms with van der Waals surface area (Å²) in [6, 6.07) is 22.8. The van der Waals surface area contributed by atoms with E-state index in [4.69, 9.17) is 37.4 Å². The molecule has 0 radical (unpaired) electrons. The van der Waals surface area contributed by atoms with Gasteiger partial charge in [-0.1, -0.05) is 143 Å². The van der Waals surface area contributed by atoms with Gasteiger partial charge >= 0.3 is 17.9 Å². The number of esters is 3. The smallest absolute Gasteiger partial charge is 0.347 e. The molecule has 1 aromatic heterocycles. The highest BCUT2D eigenvalue weighted by molar-refractivity contribution is 7.98. The quantitative estimate of drug-likeness (QED) is 0.0176. The number of carbonyl (C=O) groups is 5. The van der Waals surface area contributed by atoms with Crippen LogP contribution in [-0.2, 0) is 49.5 Å². The van der Waals surface area contributed by atoms with Gasteiger partial charge in [-0.25, -0.2) is 19.1 Å². The minimum Gasteiger partial charge on any atom is -0.463 e. The molecule has 1 heterocycles. The van der Waals surface area contributed by atoms with Crippen molar-refractivity contribution in [1.82, 2.24) is 20.2 Å². The van der Waals surface area contributed by atoms with Crippen molar-refractivity contribution in [3.63, 3.8) is 0 Å². The number of ether oxygens (including phenoxy) is 3. The lowest BCUT2D eigenvalue weighted by Gasteiger charge is -2.20. The van der Waals surface area contributed by atoms with E-state index in [1.54, 1.807) is 60.3 Å². The summed E-state index contributed by atoms with van der Waals surface area (Å²) in [5.41, 5.74) is 2.61. The number of amides is 2. The number of anilines is 2. The van der Waals surface area contributed by atoms with E-state index in [-0.39, 0.29) is 45.6 Å². The fourth-order valence-electron chi connectivity index (χ4n) is 6.96. The molecule has 5 rings (SSSR count). The molecule has 0 aliphatic carbocycles. The summed E-state index contributed by atoms with van der Waals surface area (Å²) in [6.45, 7) is 5.81. The first kappa shape index (κ1) is 52.2. The minimum absolute atomic E-state index is 0.00362. The zero-order chi connectivity index (χ0) is 48.1. The van der Waals surface area contributed by atoms with Crippen molar-refractivity contribution in [2.45, 2.75) is 115 Å². The van der Waals surface area contributed by atoms with Crippen LogP contribution in [0.3, 0.4) is 0 Å². The standard InChI is InChI=1S/C50H58Cl2N6O8S/c1-5-7-8-9-10-11-12-13-14-17-28-64-47(61)33(3)65-48(62)37-23-27-42(52)44(31-37)54-46(60)40(45(59)53-43-29-34(6-2)22-26-41(43)51)30-36-18-15-16-19-39(36)49(63)66-38-24-20-35(21-25-38)32-67-50-55-56-57-58(50)4/h15-16,18-27,29,31,33,40H,5-14,17,28,30,32H2,1-4H3,(H,53,59)(H,54,60). The fraction of sp³-hybridized carbons (Fsp3) is 0.400. The van der Waals surface area contributed by atoms with Gasteiger partial charge in [0.2, 0.25) is 17.0 Å². The molecule has 0 bridgehead atoms.